The van der Waals surface area contributed by atoms with Gasteiger partial charge < -0.3 is 10.4 Å². The molecule has 1 fully saturated rings. The zero-order chi connectivity index (χ0) is 14.8. The third-order valence-corrected chi connectivity index (χ3v) is 4.16. The molecule has 0 spiro atoms. The highest BCUT2D eigenvalue weighted by atomic mass is 16.3. The number of nitrogens with one attached hydrogen (secondary N) is 1. The number of hydrogen-bond acceptors (Lipinski definition) is 4. The van der Waals surface area contributed by atoms with Gasteiger partial charge >= 0.3 is 0 Å². The van der Waals surface area contributed by atoms with E-state index in [0.717, 1.165) is 35.9 Å². The molecule has 2 heterocycles. The van der Waals surface area contributed by atoms with Crippen molar-refractivity contribution in [1.82, 2.24) is 15.3 Å². The van der Waals surface area contributed by atoms with Crippen molar-refractivity contribution < 1.29 is 5.11 Å². The third kappa shape index (κ3) is 2.90. The fourth-order valence-corrected chi connectivity index (χ4v) is 3.15. The number of phenolic OH excluding ortho intramolecular Hbond substituents is 1. The lowest BCUT2D eigenvalue weighted by molar-refractivity contribution is 0.457. The van der Waals surface area contributed by atoms with Crippen LogP contribution in [0.4, 0.5) is 0 Å². The zero-order valence-electron chi connectivity index (χ0n) is 12.6. The Balaban J connectivity index is 1.97. The van der Waals surface area contributed by atoms with Gasteiger partial charge in [-0.15, -0.1) is 0 Å². The van der Waals surface area contributed by atoms with Gasteiger partial charge in [-0.3, -0.25) is 0 Å². The Kier molecular flexibility index (Phi) is 3.88. The highest BCUT2D eigenvalue weighted by Gasteiger charge is 2.21. The van der Waals surface area contributed by atoms with E-state index in [1.807, 2.05) is 12.1 Å². The molecule has 1 aliphatic rings. The number of aromatic hydroxyl groups is 1. The average Bonchev–Trinajstić information content (AvgIpc) is 2.48. The number of nitrogens with zero attached hydrogens (tertiary/aromatic N) is 2. The first-order valence-electron chi connectivity index (χ1n) is 7.50. The van der Waals surface area contributed by atoms with E-state index in [0.29, 0.717) is 5.92 Å². The van der Waals surface area contributed by atoms with Crippen LogP contribution in [0.2, 0.25) is 0 Å². The molecular formula is C17H21N3O. The van der Waals surface area contributed by atoms with E-state index in [1.165, 1.54) is 18.4 Å². The average molecular weight is 283 g/mol. The summed E-state index contributed by atoms with van der Waals surface area (Å²) in [6.07, 6.45) is 2.42. The minimum absolute atomic E-state index is 0.261. The lowest BCUT2D eigenvalue weighted by atomic mass is 9.89. The number of rotatable bonds is 2. The van der Waals surface area contributed by atoms with E-state index in [1.54, 1.807) is 12.1 Å². The molecule has 0 amide bonds. The van der Waals surface area contributed by atoms with Crippen molar-refractivity contribution in [1.29, 1.82) is 0 Å². The van der Waals surface area contributed by atoms with Crippen molar-refractivity contribution in [3.05, 3.63) is 41.2 Å². The Morgan fingerprint density at radius 2 is 1.76 bits per heavy atom. The predicted octanol–water partition coefficient (Wildman–Crippen LogP) is 2.93. The van der Waals surface area contributed by atoms with E-state index >= 15 is 0 Å². The minimum Gasteiger partial charge on any atom is -0.508 e. The third-order valence-electron chi connectivity index (χ3n) is 4.16. The fourth-order valence-electron chi connectivity index (χ4n) is 3.15. The maximum Gasteiger partial charge on any atom is 0.159 e. The van der Waals surface area contributed by atoms with Crippen LogP contribution in [0.1, 0.15) is 35.7 Å². The number of phenols is 1. The molecule has 1 aliphatic heterocycles. The summed E-state index contributed by atoms with van der Waals surface area (Å²) in [5.74, 6) is 1.52. The predicted molar refractivity (Wildman–Crippen MR) is 83.5 cm³/mol. The lowest BCUT2D eigenvalue weighted by Gasteiger charge is -2.25. The van der Waals surface area contributed by atoms with E-state index in [9.17, 15) is 5.11 Å². The van der Waals surface area contributed by atoms with Crippen LogP contribution in [0.15, 0.2) is 24.3 Å². The van der Waals surface area contributed by atoms with Gasteiger partial charge in [-0.2, -0.15) is 0 Å². The van der Waals surface area contributed by atoms with Crippen molar-refractivity contribution in [2.75, 3.05) is 13.1 Å². The first kappa shape index (κ1) is 14.0. The van der Waals surface area contributed by atoms with Gasteiger partial charge in [-0.05, 0) is 69.0 Å². The molecule has 2 N–H and O–H groups in total. The number of aryl methyl sites for hydroxylation is 2. The molecule has 0 bridgehead atoms. The molecule has 1 saturated heterocycles. The van der Waals surface area contributed by atoms with Crippen LogP contribution in [-0.4, -0.2) is 28.2 Å². The maximum absolute atomic E-state index is 9.38. The zero-order valence-corrected chi connectivity index (χ0v) is 12.6. The van der Waals surface area contributed by atoms with Crippen molar-refractivity contribution in [3.63, 3.8) is 0 Å². The van der Waals surface area contributed by atoms with E-state index in [2.05, 4.69) is 29.1 Å². The second-order valence-corrected chi connectivity index (χ2v) is 5.72. The maximum atomic E-state index is 9.38. The first-order valence-corrected chi connectivity index (χ1v) is 7.50. The van der Waals surface area contributed by atoms with Crippen LogP contribution in [0, 0.1) is 13.8 Å². The van der Waals surface area contributed by atoms with Crippen molar-refractivity contribution in [2.45, 2.75) is 32.6 Å². The van der Waals surface area contributed by atoms with Gasteiger partial charge in [0, 0.05) is 23.5 Å². The SMILES string of the molecule is Cc1nc(-c2ccc(O)cc2)nc(C)c1C1CCCNC1. The van der Waals surface area contributed by atoms with Crippen molar-refractivity contribution >= 4 is 0 Å². The van der Waals surface area contributed by atoms with Crippen molar-refractivity contribution in [3.8, 4) is 17.1 Å². The van der Waals surface area contributed by atoms with Crippen LogP contribution in [0.3, 0.4) is 0 Å². The molecule has 1 aromatic carbocycles. The molecule has 1 unspecified atom stereocenters. The fraction of sp³-hybridized carbons (Fsp3) is 0.412. The van der Waals surface area contributed by atoms with Gasteiger partial charge in [0.25, 0.3) is 0 Å². The standard InChI is InChI=1S/C17H21N3O/c1-11-16(14-4-3-9-18-10-14)12(2)20-17(19-11)13-5-7-15(21)8-6-13/h5-8,14,18,21H,3-4,9-10H2,1-2H3. The molecule has 4 nitrogen and oxygen atoms in total. The summed E-state index contributed by atoms with van der Waals surface area (Å²) in [5, 5.41) is 12.8. The summed E-state index contributed by atoms with van der Waals surface area (Å²) in [4.78, 5) is 9.38. The summed E-state index contributed by atoms with van der Waals surface area (Å²) < 4.78 is 0. The van der Waals surface area contributed by atoms with E-state index in [4.69, 9.17) is 0 Å². The van der Waals surface area contributed by atoms with Crippen LogP contribution in [-0.2, 0) is 0 Å². The second-order valence-electron chi connectivity index (χ2n) is 5.72. The summed E-state index contributed by atoms with van der Waals surface area (Å²) in [5.41, 5.74) is 4.37. The Morgan fingerprint density at radius 1 is 1.10 bits per heavy atom. The number of aromatic nitrogens is 2. The Morgan fingerprint density at radius 3 is 2.33 bits per heavy atom. The number of piperidine rings is 1. The monoisotopic (exact) mass is 283 g/mol. The quantitative estimate of drug-likeness (QED) is 0.889. The van der Waals surface area contributed by atoms with E-state index < -0.39 is 0 Å². The Labute approximate surface area is 125 Å². The lowest BCUT2D eigenvalue weighted by Crippen LogP contribution is -2.29. The molecule has 0 radical (unpaired) electrons. The largest absolute Gasteiger partial charge is 0.508 e. The smallest absolute Gasteiger partial charge is 0.159 e. The van der Waals surface area contributed by atoms with Crippen LogP contribution in [0.5, 0.6) is 5.75 Å². The molecule has 1 atom stereocenters. The molecular weight excluding hydrogens is 262 g/mol. The molecule has 0 saturated carbocycles. The Hall–Kier alpha value is -1.94. The van der Waals surface area contributed by atoms with Gasteiger partial charge in [0.05, 0.1) is 0 Å². The molecule has 21 heavy (non-hydrogen) atoms. The molecule has 110 valence electrons. The molecule has 4 heteroatoms. The number of hydrogen-bond donors (Lipinski definition) is 2. The molecule has 0 aliphatic carbocycles. The first-order chi connectivity index (χ1) is 10.1. The Bertz CT molecular complexity index is 608. The van der Waals surface area contributed by atoms with Crippen LogP contribution in [0.25, 0.3) is 11.4 Å². The topological polar surface area (TPSA) is 58.0 Å². The van der Waals surface area contributed by atoms with Gasteiger partial charge in [0.2, 0.25) is 0 Å². The second kappa shape index (κ2) is 5.82. The summed E-state index contributed by atoms with van der Waals surface area (Å²) in [6, 6.07) is 7.04. The highest BCUT2D eigenvalue weighted by Crippen LogP contribution is 2.29. The van der Waals surface area contributed by atoms with Crippen molar-refractivity contribution in [2.24, 2.45) is 0 Å². The molecule has 3 rings (SSSR count). The summed E-state index contributed by atoms with van der Waals surface area (Å²) in [6.45, 7) is 6.27. The minimum atomic E-state index is 0.261. The van der Waals surface area contributed by atoms with Crippen LogP contribution >= 0.6 is 0 Å². The van der Waals surface area contributed by atoms with Crippen LogP contribution < -0.4 is 5.32 Å². The molecule has 2 aromatic rings. The molecule has 1 aromatic heterocycles. The summed E-state index contributed by atoms with van der Waals surface area (Å²) >= 11 is 0. The number of benzene rings is 1. The summed E-state index contributed by atoms with van der Waals surface area (Å²) in [7, 11) is 0. The van der Waals surface area contributed by atoms with E-state index in [-0.39, 0.29) is 5.75 Å². The normalized spacial score (nSPS) is 18.7. The van der Waals surface area contributed by atoms with Gasteiger partial charge in [0.15, 0.2) is 5.82 Å². The highest BCUT2D eigenvalue weighted by molar-refractivity contribution is 5.57. The van der Waals surface area contributed by atoms with Gasteiger partial charge in [-0.25, -0.2) is 9.97 Å². The van der Waals surface area contributed by atoms with Gasteiger partial charge in [0.1, 0.15) is 5.75 Å². The van der Waals surface area contributed by atoms with Gasteiger partial charge in [-0.1, -0.05) is 0 Å².